The van der Waals surface area contributed by atoms with Crippen molar-refractivity contribution >= 4 is 46.3 Å². The lowest BCUT2D eigenvalue weighted by molar-refractivity contribution is -0.145. The third kappa shape index (κ3) is 4.32. The maximum Gasteiger partial charge on any atom is 0.331 e. The molecule has 0 spiro atoms. The van der Waals surface area contributed by atoms with Crippen LogP contribution in [0.3, 0.4) is 0 Å². The monoisotopic (exact) mass is 411 g/mol. The molecule has 0 aliphatic carbocycles. The van der Waals surface area contributed by atoms with Crippen molar-refractivity contribution in [3.63, 3.8) is 0 Å². The standard InChI is InChI=1S/C21H17NO4S2/c1-2-12-26-16-10-8-14(9-11-16)13-17-19(23)22(21(27)28-17)18(20(24)25)15-6-4-3-5-7-15/h2-11,13,18H,1,12H2,(H,24,25). The smallest absolute Gasteiger partial charge is 0.331 e. The van der Waals surface area contributed by atoms with E-state index in [1.807, 2.05) is 12.1 Å². The molecule has 1 aliphatic heterocycles. The Kier molecular flexibility index (Phi) is 6.28. The summed E-state index contributed by atoms with van der Waals surface area (Å²) in [6.07, 6.45) is 3.35. The van der Waals surface area contributed by atoms with E-state index in [2.05, 4.69) is 6.58 Å². The number of benzene rings is 2. The van der Waals surface area contributed by atoms with Gasteiger partial charge in [-0.05, 0) is 29.3 Å². The van der Waals surface area contributed by atoms with E-state index < -0.39 is 17.9 Å². The fourth-order valence-electron chi connectivity index (χ4n) is 2.71. The second-order valence-corrected chi connectivity index (χ2v) is 7.55. The minimum Gasteiger partial charge on any atom is -0.490 e. The number of amides is 1. The van der Waals surface area contributed by atoms with Gasteiger partial charge in [-0.15, -0.1) is 0 Å². The van der Waals surface area contributed by atoms with Crippen molar-refractivity contribution in [2.24, 2.45) is 0 Å². The molecule has 2 aromatic rings. The van der Waals surface area contributed by atoms with E-state index in [4.69, 9.17) is 17.0 Å². The third-order valence-corrected chi connectivity index (χ3v) is 5.31. The summed E-state index contributed by atoms with van der Waals surface area (Å²) >= 11 is 6.41. The fraction of sp³-hybridized carbons (Fsp3) is 0.0952. The van der Waals surface area contributed by atoms with Crippen molar-refractivity contribution in [1.82, 2.24) is 4.90 Å². The number of hydrogen-bond donors (Lipinski definition) is 1. The third-order valence-electron chi connectivity index (χ3n) is 3.98. The molecule has 1 aliphatic rings. The van der Waals surface area contributed by atoms with Crippen molar-refractivity contribution in [2.75, 3.05) is 6.61 Å². The molecule has 5 nitrogen and oxygen atoms in total. The number of ether oxygens (including phenoxy) is 1. The molecule has 1 saturated heterocycles. The largest absolute Gasteiger partial charge is 0.490 e. The second-order valence-electron chi connectivity index (χ2n) is 5.87. The van der Waals surface area contributed by atoms with Crippen LogP contribution in [0.4, 0.5) is 0 Å². The van der Waals surface area contributed by atoms with Gasteiger partial charge in [-0.2, -0.15) is 0 Å². The minimum absolute atomic E-state index is 0.221. The number of carbonyl (C=O) groups excluding carboxylic acids is 1. The average molecular weight is 412 g/mol. The number of aliphatic carboxylic acids is 1. The SMILES string of the molecule is C=CCOc1ccc(C=C2SC(=S)N(C(C(=O)O)c3ccccc3)C2=O)cc1. The van der Waals surface area contributed by atoms with Crippen molar-refractivity contribution in [2.45, 2.75) is 6.04 Å². The summed E-state index contributed by atoms with van der Waals surface area (Å²) in [7, 11) is 0. The number of hydrogen-bond acceptors (Lipinski definition) is 5. The molecular formula is C21H17NO4S2. The van der Waals surface area contributed by atoms with Crippen LogP contribution in [0.1, 0.15) is 17.2 Å². The van der Waals surface area contributed by atoms with Gasteiger partial charge in [0.05, 0.1) is 4.91 Å². The maximum atomic E-state index is 12.9. The molecule has 28 heavy (non-hydrogen) atoms. The highest BCUT2D eigenvalue weighted by Gasteiger charge is 2.41. The highest BCUT2D eigenvalue weighted by atomic mass is 32.2. The lowest BCUT2D eigenvalue weighted by Gasteiger charge is -2.23. The molecule has 1 fully saturated rings. The van der Waals surface area contributed by atoms with Gasteiger partial charge in [0.2, 0.25) is 0 Å². The van der Waals surface area contributed by atoms with Gasteiger partial charge in [0.25, 0.3) is 5.91 Å². The number of nitrogens with zero attached hydrogens (tertiary/aromatic N) is 1. The van der Waals surface area contributed by atoms with E-state index >= 15 is 0 Å². The number of thiocarbonyl (C=S) groups is 1. The van der Waals surface area contributed by atoms with E-state index in [1.165, 1.54) is 0 Å². The van der Waals surface area contributed by atoms with Crippen molar-refractivity contribution in [1.29, 1.82) is 0 Å². The predicted octanol–water partition coefficient (Wildman–Crippen LogP) is 4.28. The normalized spacial score (nSPS) is 16.3. The quantitative estimate of drug-likeness (QED) is 0.417. The molecule has 0 radical (unpaired) electrons. The number of rotatable bonds is 7. The molecule has 1 amide bonds. The summed E-state index contributed by atoms with van der Waals surface area (Å²) in [5.74, 6) is -0.856. The second kappa shape index (κ2) is 8.86. The number of thioether (sulfide) groups is 1. The number of carboxylic acid groups (broad SMARTS) is 1. The first kappa shape index (κ1) is 19.9. The maximum absolute atomic E-state index is 12.9. The highest BCUT2D eigenvalue weighted by molar-refractivity contribution is 8.26. The van der Waals surface area contributed by atoms with Crippen LogP contribution in [0.15, 0.2) is 72.2 Å². The molecule has 7 heteroatoms. The average Bonchev–Trinajstić information content (AvgIpc) is 2.96. The van der Waals surface area contributed by atoms with Gasteiger partial charge in [-0.25, -0.2) is 4.79 Å². The summed E-state index contributed by atoms with van der Waals surface area (Å²) in [6.45, 7) is 4.01. The molecule has 0 saturated carbocycles. The Morgan fingerprint density at radius 3 is 2.50 bits per heavy atom. The van der Waals surface area contributed by atoms with Gasteiger partial charge in [0, 0.05) is 0 Å². The zero-order valence-corrected chi connectivity index (χ0v) is 16.4. The van der Waals surface area contributed by atoms with Crippen LogP contribution in [0.2, 0.25) is 0 Å². The lowest BCUT2D eigenvalue weighted by atomic mass is 10.1. The van der Waals surface area contributed by atoms with Gasteiger partial charge in [-0.1, -0.05) is 79.1 Å². The Bertz CT molecular complexity index is 939. The molecule has 2 aromatic carbocycles. The molecule has 1 heterocycles. The van der Waals surface area contributed by atoms with Gasteiger partial charge in [0.1, 0.15) is 16.7 Å². The first-order chi connectivity index (χ1) is 13.5. The molecule has 1 N–H and O–H groups in total. The summed E-state index contributed by atoms with van der Waals surface area (Å²) in [5, 5.41) is 9.70. The van der Waals surface area contributed by atoms with E-state index in [-0.39, 0.29) is 4.32 Å². The Balaban J connectivity index is 1.85. The highest BCUT2D eigenvalue weighted by Crippen LogP contribution is 2.38. The van der Waals surface area contributed by atoms with Crippen LogP contribution >= 0.6 is 24.0 Å². The summed E-state index contributed by atoms with van der Waals surface area (Å²) < 4.78 is 5.66. The Morgan fingerprint density at radius 1 is 1.21 bits per heavy atom. The van der Waals surface area contributed by atoms with E-state index in [1.54, 1.807) is 54.6 Å². The van der Waals surface area contributed by atoms with E-state index in [9.17, 15) is 14.7 Å². The van der Waals surface area contributed by atoms with E-state index in [0.717, 1.165) is 22.2 Å². The fourth-order valence-corrected chi connectivity index (χ4v) is 4.02. The molecule has 0 bridgehead atoms. The van der Waals surface area contributed by atoms with Crippen LogP contribution in [-0.2, 0) is 9.59 Å². The Labute approximate surface area is 172 Å². The van der Waals surface area contributed by atoms with Crippen molar-refractivity contribution < 1.29 is 19.4 Å². The summed E-state index contributed by atoms with van der Waals surface area (Å²) in [4.78, 5) is 26.3. The van der Waals surface area contributed by atoms with Crippen LogP contribution in [0.5, 0.6) is 5.75 Å². The zero-order chi connectivity index (χ0) is 20.1. The molecule has 1 atom stereocenters. The van der Waals surface area contributed by atoms with Crippen LogP contribution in [-0.4, -0.2) is 32.8 Å². The van der Waals surface area contributed by atoms with Gasteiger partial charge >= 0.3 is 5.97 Å². The Hall–Kier alpha value is -2.90. The molecule has 0 aromatic heterocycles. The minimum atomic E-state index is -1.16. The van der Waals surface area contributed by atoms with Crippen LogP contribution < -0.4 is 4.74 Å². The number of carboxylic acids is 1. The lowest BCUT2D eigenvalue weighted by Crippen LogP contribution is -2.37. The van der Waals surface area contributed by atoms with Crippen molar-refractivity contribution in [3.8, 4) is 5.75 Å². The molecule has 3 rings (SSSR count). The zero-order valence-electron chi connectivity index (χ0n) is 14.8. The van der Waals surface area contributed by atoms with Gasteiger partial charge < -0.3 is 9.84 Å². The Morgan fingerprint density at radius 2 is 1.89 bits per heavy atom. The predicted molar refractivity (Wildman–Crippen MR) is 114 cm³/mol. The summed E-state index contributed by atoms with van der Waals surface area (Å²) in [6, 6.07) is 14.6. The molecule has 1 unspecified atom stereocenters. The van der Waals surface area contributed by atoms with Crippen molar-refractivity contribution in [3.05, 3.63) is 83.3 Å². The van der Waals surface area contributed by atoms with E-state index in [0.29, 0.717) is 22.8 Å². The molecular weight excluding hydrogens is 394 g/mol. The van der Waals surface area contributed by atoms with Gasteiger partial charge in [0.15, 0.2) is 6.04 Å². The number of carbonyl (C=O) groups is 2. The molecule has 142 valence electrons. The van der Waals surface area contributed by atoms with Gasteiger partial charge in [-0.3, -0.25) is 9.69 Å². The summed E-state index contributed by atoms with van der Waals surface area (Å²) in [5.41, 5.74) is 1.29. The van der Waals surface area contributed by atoms with Crippen LogP contribution in [0.25, 0.3) is 6.08 Å². The first-order valence-electron chi connectivity index (χ1n) is 8.40. The van der Waals surface area contributed by atoms with Crippen LogP contribution in [0, 0.1) is 0 Å². The first-order valence-corrected chi connectivity index (χ1v) is 9.62. The topological polar surface area (TPSA) is 66.8 Å².